The fourth-order valence-corrected chi connectivity index (χ4v) is 1.24. The molecule has 1 nitrogen and oxygen atoms in total. The fraction of sp³-hybridized carbons (Fsp3) is 0.143. The van der Waals surface area contributed by atoms with Crippen LogP contribution in [-0.4, -0.2) is 0 Å². The van der Waals surface area contributed by atoms with Crippen molar-refractivity contribution >= 4 is 21.2 Å². The van der Waals surface area contributed by atoms with E-state index in [9.17, 15) is 3.07 Å². The fourth-order valence-electron chi connectivity index (χ4n) is 0.585. The van der Waals surface area contributed by atoms with Crippen LogP contribution in [0.2, 0.25) is 0 Å². The molecule has 9 heavy (non-hydrogen) atoms. The van der Waals surface area contributed by atoms with Crippen LogP contribution in [0, 0.1) is 10.5 Å². The molecule has 0 saturated carbocycles. The number of rotatable bonds is 1. The summed E-state index contributed by atoms with van der Waals surface area (Å²) < 4.78 is 11.3. The molecule has 0 amide bonds. The molecule has 0 atom stereocenters. The second-order valence-corrected chi connectivity index (χ2v) is 3.56. The lowest BCUT2D eigenvalue weighted by atomic mass is 10.2. The SMILES string of the molecule is Cc1ccc(I=O)cc1. The van der Waals surface area contributed by atoms with Crippen molar-refractivity contribution in [3.63, 3.8) is 0 Å². The summed E-state index contributed by atoms with van der Waals surface area (Å²) in [7, 11) is 0. The molecule has 0 fully saturated rings. The normalized spacial score (nSPS) is 9.44. The van der Waals surface area contributed by atoms with Crippen molar-refractivity contribution in [3.05, 3.63) is 33.4 Å². The zero-order chi connectivity index (χ0) is 6.69. The summed E-state index contributed by atoms with van der Waals surface area (Å²) in [6.07, 6.45) is 0. The summed E-state index contributed by atoms with van der Waals surface area (Å²) in [5.41, 5.74) is 1.22. The van der Waals surface area contributed by atoms with Crippen LogP contribution >= 0.6 is 21.2 Å². The molecule has 0 aliphatic rings. The van der Waals surface area contributed by atoms with E-state index in [0.717, 1.165) is 3.57 Å². The third-order valence-electron chi connectivity index (χ3n) is 1.10. The van der Waals surface area contributed by atoms with Gasteiger partial charge in [0.25, 0.3) is 0 Å². The molecule has 0 aromatic heterocycles. The van der Waals surface area contributed by atoms with Crippen LogP contribution in [-0.2, 0) is 3.07 Å². The van der Waals surface area contributed by atoms with Crippen LogP contribution in [0.5, 0.6) is 0 Å². The number of halogens is 1. The molecule has 0 N–H and O–H groups in total. The largest absolute Gasteiger partial charge is 0.265 e. The summed E-state index contributed by atoms with van der Waals surface area (Å²) in [6, 6.07) is 7.78. The van der Waals surface area contributed by atoms with Gasteiger partial charge in [0, 0.05) is 3.57 Å². The van der Waals surface area contributed by atoms with Gasteiger partial charge in [0.05, 0.1) is 0 Å². The molecule has 0 unspecified atom stereocenters. The van der Waals surface area contributed by atoms with Crippen molar-refractivity contribution in [2.45, 2.75) is 6.92 Å². The molecule has 0 saturated heterocycles. The predicted molar refractivity (Wildman–Crippen MR) is 44.6 cm³/mol. The van der Waals surface area contributed by atoms with E-state index < -0.39 is 21.2 Å². The minimum Gasteiger partial charge on any atom is -0.265 e. The van der Waals surface area contributed by atoms with Crippen molar-refractivity contribution < 1.29 is 3.07 Å². The molecule has 2 heteroatoms. The average molecular weight is 234 g/mol. The minimum atomic E-state index is -0.953. The Morgan fingerprint density at radius 1 is 1.22 bits per heavy atom. The van der Waals surface area contributed by atoms with Gasteiger partial charge in [-0.1, -0.05) is 17.7 Å². The topological polar surface area (TPSA) is 17.1 Å². The molecule has 0 bridgehead atoms. The molecular formula is C7H7IO. The molecule has 0 aliphatic carbocycles. The van der Waals surface area contributed by atoms with Crippen LogP contribution in [0.4, 0.5) is 0 Å². The Morgan fingerprint density at radius 3 is 2.22 bits per heavy atom. The van der Waals surface area contributed by atoms with Crippen molar-refractivity contribution in [3.8, 4) is 0 Å². The summed E-state index contributed by atoms with van der Waals surface area (Å²) in [4.78, 5) is 0. The van der Waals surface area contributed by atoms with Gasteiger partial charge in [0.1, 0.15) is 0 Å². The third-order valence-corrected chi connectivity index (χ3v) is 2.33. The molecule has 48 valence electrons. The Morgan fingerprint density at radius 2 is 1.78 bits per heavy atom. The highest BCUT2D eigenvalue weighted by Crippen LogP contribution is 2.09. The highest BCUT2D eigenvalue weighted by molar-refractivity contribution is 14.1. The lowest BCUT2D eigenvalue weighted by Gasteiger charge is -1.88. The third kappa shape index (κ3) is 1.86. The molecule has 1 rings (SSSR count). The van der Waals surface area contributed by atoms with Crippen molar-refractivity contribution in [1.82, 2.24) is 0 Å². The second kappa shape index (κ2) is 3.06. The van der Waals surface area contributed by atoms with Crippen LogP contribution in [0.25, 0.3) is 0 Å². The first-order chi connectivity index (χ1) is 4.33. The van der Waals surface area contributed by atoms with Gasteiger partial charge in [-0.3, -0.25) is 3.07 Å². The minimum absolute atomic E-state index is 0.953. The lowest BCUT2D eigenvalue weighted by Crippen LogP contribution is -1.70. The van der Waals surface area contributed by atoms with Gasteiger partial charge >= 0.3 is 0 Å². The maximum absolute atomic E-state index is 10.4. The van der Waals surface area contributed by atoms with E-state index in [-0.39, 0.29) is 0 Å². The molecule has 1 aromatic carbocycles. The monoisotopic (exact) mass is 234 g/mol. The standard InChI is InChI=1S/C7H7IO/c1-6-2-4-7(8-9)5-3-6/h2-5H,1H3. The summed E-state index contributed by atoms with van der Waals surface area (Å²) in [5, 5.41) is 0. The number of hydrogen-bond acceptors (Lipinski definition) is 1. The molecular weight excluding hydrogens is 227 g/mol. The van der Waals surface area contributed by atoms with Crippen LogP contribution in [0.3, 0.4) is 0 Å². The number of aryl methyl sites for hydroxylation is 1. The Hall–Kier alpha value is -0.250. The summed E-state index contributed by atoms with van der Waals surface area (Å²) in [6.45, 7) is 2.02. The van der Waals surface area contributed by atoms with Crippen LogP contribution in [0.15, 0.2) is 24.3 Å². The molecule has 0 spiro atoms. The van der Waals surface area contributed by atoms with E-state index in [4.69, 9.17) is 0 Å². The summed E-state index contributed by atoms with van der Waals surface area (Å²) >= 11 is -0.953. The molecule has 1 aromatic rings. The molecule has 0 heterocycles. The smallest absolute Gasteiger partial charge is 0.182 e. The van der Waals surface area contributed by atoms with Gasteiger partial charge in [-0.15, -0.1) is 0 Å². The highest BCUT2D eigenvalue weighted by atomic mass is 127. The lowest BCUT2D eigenvalue weighted by molar-refractivity contribution is 0.648. The van der Waals surface area contributed by atoms with Gasteiger partial charge < -0.3 is 0 Å². The zero-order valence-electron chi connectivity index (χ0n) is 5.10. The highest BCUT2D eigenvalue weighted by Gasteiger charge is 1.86. The van der Waals surface area contributed by atoms with E-state index in [2.05, 4.69) is 0 Å². The Labute approximate surface area is 64.7 Å². The zero-order valence-corrected chi connectivity index (χ0v) is 7.25. The van der Waals surface area contributed by atoms with Gasteiger partial charge in [-0.2, -0.15) is 0 Å². The van der Waals surface area contributed by atoms with Gasteiger partial charge in [0.2, 0.25) is 0 Å². The first-order valence-electron chi connectivity index (χ1n) is 2.66. The van der Waals surface area contributed by atoms with Crippen molar-refractivity contribution in [2.24, 2.45) is 0 Å². The second-order valence-electron chi connectivity index (χ2n) is 1.87. The van der Waals surface area contributed by atoms with Crippen molar-refractivity contribution in [2.75, 3.05) is 0 Å². The number of benzene rings is 1. The summed E-state index contributed by atoms with van der Waals surface area (Å²) in [5.74, 6) is 0. The quantitative estimate of drug-likeness (QED) is 0.682. The van der Waals surface area contributed by atoms with Gasteiger partial charge in [0.15, 0.2) is 21.2 Å². The van der Waals surface area contributed by atoms with Crippen LogP contribution in [0.1, 0.15) is 5.56 Å². The van der Waals surface area contributed by atoms with E-state index in [1.54, 1.807) is 0 Å². The predicted octanol–water partition coefficient (Wildman–Crippen LogP) is 2.48. The number of hydrogen-bond donors (Lipinski definition) is 0. The van der Waals surface area contributed by atoms with Crippen molar-refractivity contribution in [1.29, 1.82) is 0 Å². The maximum Gasteiger partial charge on any atom is 0.182 e. The van der Waals surface area contributed by atoms with E-state index >= 15 is 0 Å². The first kappa shape index (κ1) is 6.86. The van der Waals surface area contributed by atoms with E-state index in [1.807, 2.05) is 31.2 Å². The Balaban J connectivity index is 3.01. The molecule has 0 radical (unpaired) electrons. The van der Waals surface area contributed by atoms with Gasteiger partial charge in [-0.05, 0) is 19.1 Å². The maximum atomic E-state index is 10.4. The Bertz CT molecular complexity index is 203. The van der Waals surface area contributed by atoms with Gasteiger partial charge in [-0.25, -0.2) is 0 Å². The van der Waals surface area contributed by atoms with E-state index in [1.165, 1.54) is 5.56 Å². The van der Waals surface area contributed by atoms with E-state index in [0.29, 0.717) is 0 Å². The first-order valence-corrected chi connectivity index (χ1v) is 4.62. The average Bonchev–Trinajstić information content (AvgIpc) is 1.90. The molecule has 0 aliphatic heterocycles. The Kier molecular flexibility index (Phi) is 2.33. The van der Waals surface area contributed by atoms with Crippen LogP contribution < -0.4 is 0 Å².